The fourth-order valence-electron chi connectivity index (χ4n) is 4.48. The van der Waals surface area contributed by atoms with Crippen molar-refractivity contribution in [1.29, 1.82) is 0 Å². The Bertz CT molecular complexity index is 1210. The largest absolute Gasteiger partial charge is 0.497 e. The number of methoxy groups -OCH3 is 1. The molecule has 1 aromatic carbocycles. The minimum atomic E-state index is -1.41. The van der Waals surface area contributed by atoms with Crippen molar-refractivity contribution < 1.29 is 33.7 Å². The Labute approximate surface area is 209 Å². The van der Waals surface area contributed by atoms with E-state index in [9.17, 15) is 19.5 Å². The molecule has 4 atom stereocenters. The highest BCUT2D eigenvalue weighted by atomic mass is 16.6. The zero-order valence-electron chi connectivity index (χ0n) is 20.8. The molecule has 2 aromatic rings. The maximum absolute atomic E-state index is 13.3. The molecule has 1 saturated heterocycles. The molecule has 10 nitrogen and oxygen atoms in total. The standard InChI is InChI=1S/C26H31N3O7/c1-6-15-13-26(15,23(31)32)28-22(30)20-12-17(14-29(20)24(33)36-25(2,3)4)35-21-9-10-27-19-11-16(34-5)7-8-18(19)21/h6-11,15,17,20H,1,12-14H2,2-5H3,(H,28,30)(H,31,32). The first-order valence-electron chi connectivity index (χ1n) is 11.7. The van der Waals surface area contributed by atoms with Gasteiger partial charge in [0, 0.05) is 30.0 Å². The van der Waals surface area contributed by atoms with Gasteiger partial charge in [0.1, 0.15) is 34.8 Å². The molecule has 2 fully saturated rings. The molecule has 1 aliphatic carbocycles. The molecule has 0 spiro atoms. The molecule has 36 heavy (non-hydrogen) atoms. The maximum Gasteiger partial charge on any atom is 0.411 e. The lowest BCUT2D eigenvalue weighted by atomic mass is 10.1. The number of ether oxygens (including phenoxy) is 3. The van der Waals surface area contributed by atoms with Crippen molar-refractivity contribution in [3.63, 3.8) is 0 Å². The van der Waals surface area contributed by atoms with E-state index in [1.807, 2.05) is 6.07 Å². The second-order valence-electron chi connectivity index (χ2n) is 10.1. The van der Waals surface area contributed by atoms with Gasteiger partial charge in [-0.05, 0) is 45.4 Å². The molecule has 1 aromatic heterocycles. The molecule has 2 heterocycles. The predicted octanol–water partition coefficient (Wildman–Crippen LogP) is 3.15. The molecule has 2 aliphatic rings. The van der Waals surface area contributed by atoms with Crippen LogP contribution in [0.25, 0.3) is 10.9 Å². The molecule has 2 N–H and O–H groups in total. The van der Waals surface area contributed by atoms with Crippen molar-refractivity contribution in [2.45, 2.75) is 56.9 Å². The molecule has 4 rings (SSSR count). The minimum Gasteiger partial charge on any atom is -0.497 e. The number of aliphatic carboxylic acids is 1. The number of nitrogens with one attached hydrogen (secondary N) is 1. The fourth-order valence-corrected chi connectivity index (χ4v) is 4.48. The van der Waals surface area contributed by atoms with Crippen LogP contribution in [0.3, 0.4) is 0 Å². The van der Waals surface area contributed by atoms with Crippen molar-refractivity contribution in [2.24, 2.45) is 5.92 Å². The number of pyridine rings is 1. The zero-order chi connectivity index (χ0) is 26.3. The van der Waals surface area contributed by atoms with Gasteiger partial charge in [0.05, 0.1) is 19.2 Å². The number of hydrogen-bond acceptors (Lipinski definition) is 7. The number of carbonyl (C=O) groups excluding carboxylic acids is 2. The van der Waals surface area contributed by atoms with E-state index in [0.717, 1.165) is 5.39 Å². The van der Waals surface area contributed by atoms with Gasteiger partial charge in [-0.15, -0.1) is 6.58 Å². The first-order valence-corrected chi connectivity index (χ1v) is 11.7. The Morgan fingerprint density at radius 1 is 1.28 bits per heavy atom. The summed E-state index contributed by atoms with van der Waals surface area (Å²) in [7, 11) is 1.57. The Balaban J connectivity index is 1.57. The van der Waals surface area contributed by atoms with Gasteiger partial charge in [0.2, 0.25) is 5.91 Å². The highest BCUT2D eigenvalue weighted by molar-refractivity contribution is 5.94. The van der Waals surface area contributed by atoms with Crippen LogP contribution in [0.5, 0.6) is 11.5 Å². The molecular formula is C26H31N3O7. The maximum atomic E-state index is 13.3. The van der Waals surface area contributed by atoms with Gasteiger partial charge in [-0.3, -0.25) is 14.7 Å². The highest BCUT2D eigenvalue weighted by Crippen LogP contribution is 2.45. The molecule has 1 saturated carbocycles. The highest BCUT2D eigenvalue weighted by Gasteiger charge is 2.61. The quantitative estimate of drug-likeness (QED) is 0.559. The molecule has 4 unspecified atom stereocenters. The summed E-state index contributed by atoms with van der Waals surface area (Å²) in [5.74, 6) is -0.862. The van der Waals surface area contributed by atoms with Crippen LogP contribution in [0.1, 0.15) is 33.6 Å². The van der Waals surface area contributed by atoms with Crippen molar-refractivity contribution >= 4 is 28.9 Å². The number of rotatable bonds is 7. The van der Waals surface area contributed by atoms with Crippen LogP contribution in [0.4, 0.5) is 4.79 Å². The number of nitrogens with zero attached hydrogens (tertiary/aromatic N) is 2. The second-order valence-corrected chi connectivity index (χ2v) is 10.1. The van der Waals surface area contributed by atoms with Crippen LogP contribution >= 0.6 is 0 Å². The molecule has 10 heteroatoms. The number of amides is 2. The summed E-state index contributed by atoms with van der Waals surface area (Å²) in [6.07, 6.45) is 2.35. The van der Waals surface area contributed by atoms with E-state index in [1.54, 1.807) is 52.3 Å². The van der Waals surface area contributed by atoms with E-state index in [2.05, 4.69) is 16.9 Å². The average Bonchev–Trinajstić information content (AvgIpc) is 3.37. The summed E-state index contributed by atoms with van der Waals surface area (Å²) >= 11 is 0. The van der Waals surface area contributed by atoms with Gasteiger partial charge in [-0.1, -0.05) is 6.08 Å². The van der Waals surface area contributed by atoms with Crippen molar-refractivity contribution in [3.8, 4) is 11.5 Å². The van der Waals surface area contributed by atoms with Gasteiger partial charge in [0.25, 0.3) is 0 Å². The summed E-state index contributed by atoms with van der Waals surface area (Å²) in [4.78, 5) is 43.8. The van der Waals surface area contributed by atoms with Crippen LogP contribution in [-0.2, 0) is 14.3 Å². The third-order valence-corrected chi connectivity index (χ3v) is 6.42. The number of benzene rings is 1. The van der Waals surface area contributed by atoms with E-state index in [1.165, 1.54) is 11.0 Å². The Morgan fingerprint density at radius 3 is 2.64 bits per heavy atom. The van der Waals surface area contributed by atoms with E-state index >= 15 is 0 Å². The van der Waals surface area contributed by atoms with Gasteiger partial charge in [-0.2, -0.15) is 0 Å². The molecular weight excluding hydrogens is 466 g/mol. The normalized spacial score (nSPS) is 25.2. The van der Waals surface area contributed by atoms with Crippen molar-refractivity contribution in [3.05, 3.63) is 43.1 Å². The summed E-state index contributed by atoms with van der Waals surface area (Å²) in [6, 6.07) is 6.18. The topological polar surface area (TPSA) is 127 Å². The Kier molecular flexibility index (Phi) is 6.55. The Hall–Kier alpha value is -3.82. The second kappa shape index (κ2) is 9.33. The summed E-state index contributed by atoms with van der Waals surface area (Å²) in [5.41, 5.74) is -1.50. The van der Waals surface area contributed by atoms with Gasteiger partial charge in [-0.25, -0.2) is 9.59 Å². The van der Waals surface area contributed by atoms with Crippen LogP contribution in [0.2, 0.25) is 0 Å². The number of aromatic nitrogens is 1. The van der Waals surface area contributed by atoms with Crippen LogP contribution < -0.4 is 14.8 Å². The first kappa shape index (κ1) is 25.3. The molecule has 2 amide bonds. The van der Waals surface area contributed by atoms with E-state index in [-0.39, 0.29) is 25.3 Å². The zero-order valence-corrected chi connectivity index (χ0v) is 20.8. The molecule has 0 bridgehead atoms. The number of fused-ring (bicyclic) bond motifs is 1. The number of likely N-dealkylation sites (tertiary alicyclic amines) is 1. The smallest absolute Gasteiger partial charge is 0.411 e. The molecule has 192 valence electrons. The number of carboxylic acid groups (broad SMARTS) is 1. The minimum absolute atomic E-state index is 0.0952. The van der Waals surface area contributed by atoms with E-state index in [4.69, 9.17) is 14.2 Å². The van der Waals surface area contributed by atoms with Crippen molar-refractivity contribution in [2.75, 3.05) is 13.7 Å². The SMILES string of the molecule is C=CC1CC1(NC(=O)C1CC(Oc2ccnc3cc(OC)ccc23)CN1C(=O)OC(C)(C)C)C(=O)O. The first-order chi connectivity index (χ1) is 17.0. The third-order valence-electron chi connectivity index (χ3n) is 6.42. The van der Waals surface area contributed by atoms with Crippen LogP contribution in [-0.4, -0.2) is 69.9 Å². The summed E-state index contributed by atoms with van der Waals surface area (Å²) in [6.45, 7) is 8.95. The fraction of sp³-hybridized carbons (Fsp3) is 0.462. The lowest BCUT2D eigenvalue weighted by Crippen LogP contribution is -2.53. The number of hydrogen-bond donors (Lipinski definition) is 2. The predicted molar refractivity (Wildman–Crippen MR) is 131 cm³/mol. The number of carbonyl (C=O) groups is 3. The van der Waals surface area contributed by atoms with E-state index in [0.29, 0.717) is 17.0 Å². The van der Waals surface area contributed by atoms with Gasteiger partial charge >= 0.3 is 12.1 Å². The number of carboxylic acids is 1. The average molecular weight is 498 g/mol. The van der Waals surface area contributed by atoms with Gasteiger partial charge < -0.3 is 24.6 Å². The lowest BCUT2D eigenvalue weighted by molar-refractivity contribution is -0.144. The third kappa shape index (κ3) is 4.93. The lowest BCUT2D eigenvalue weighted by Gasteiger charge is -2.28. The summed E-state index contributed by atoms with van der Waals surface area (Å²) < 4.78 is 17.0. The molecule has 0 radical (unpaired) electrons. The van der Waals surface area contributed by atoms with E-state index < -0.39 is 41.3 Å². The summed E-state index contributed by atoms with van der Waals surface area (Å²) in [5, 5.41) is 13.1. The monoisotopic (exact) mass is 497 g/mol. The van der Waals surface area contributed by atoms with Gasteiger partial charge in [0.15, 0.2) is 0 Å². The van der Waals surface area contributed by atoms with Crippen molar-refractivity contribution in [1.82, 2.24) is 15.2 Å². The van der Waals surface area contributed by atoms with Crippen LogP contribution in [0, 0.1) is 5.92 Å². The van der Waals surface area contributed by atoms with Crippen LogP contribution in [0.15, 0.2) is 43.1 Å². The molecule has 1 aliphatic heterocycles. The Morgan fingerprint density at radius 2 is 2.03 bits per heavy atom.